The Balaban J connectivity index is 1.93. The van der Waals surface area contributed by atoms with E-state index >= 15 is 0 Å². The van der Waals surface area contributed by atoms with Gasteiger partial charge in [-0.2, -0.15) is 0 Å². The Hall–Kier alpha value is -2.44. The van der Waals surface area contributed by atoms with Crippen LogP contribution in [-0.2, 0) is 4.79 Å². The molecular weight excluding hydrogens is 286 g/mol. The van der Waals surface area contributed by atoms with E-state index in [0.29, 0.717) is 6.54 Å². The Kier molecular flexibility index (Phi) is 5.08. The van der Waals surface area contributed by atoms with E-state index in [2.05, 4.69) is 5.32 Å². The maximum Gasteiger partial charge on any atom is 0.270 e. The fourth-order valence-electron chi connectivity index (χ4n) is 2.59. The molecule has 0 aromatic heterocycles. The van der Waals surface area contributed by atoms with Crippen LogP contribution in [0.15, 0.2) is 24.3 Å². The monoisotopic (exact) mass is 305 g/mol. The summed E-state index contributed by atoms with van der Waals surface area (Å²) in [7, 11) is 0. The molecule has 118 valence electrons. The second-order valence-electron chi connectivity index (χ2n) is 5.42. The lowest BCUT2D eigenvalue weighted by molar-refractivity contribution is -0.384. The van der Waals surface area contributed by atoms with Crippen molar-refractivity contribution in [3.05, 3.63) is 39.9 Å². The molecule has 2 rings (SSSR count). The molecule has 1 saturated heterocycles. The summed E-state index contributed by atoms with van der Waals surface area (Å²) in [6.07, 6.45) is 3.07. The number of likely N-dealkylation sites (tertiary alicyclic amines) is 1. The van der Waals surface area contributed by atoms with Crippen molar-refractivity contribution in [1.29, 1.82) is 0 Å². The molecule has 1 aromatic rings. The van der Waals surface area contributed by atoms with E-state index in [1.54, 1.807) is 4.90 Å². The summed E-state index contributed by atoms with van der Waals surface area (Å²) in [4.78, 5) is 36.0. The van der Waals surface area contributed by atoms with E-state index in [0.717, 1.165) is 19.3 Å². The summed E-state index contributed by atoms with van der Waals surface area (Å²) in [5.74, 6) is -0.604. The molecule has 0 aliphatic carbocycles. The number of hydrogen-bond acceptors (Lipinski definition) is 4. The van der Waals surface area contributed by atoms with Crippen molar-refractivity contribution < 1.29 is 14.5 Å². The van der Waals surface area contributed by atoms with Crippen LogP contribution in [0.2, 0.25) is 0 Å². The number of non-ortho nitro benzene ring substituents is 1. The van der Waals surface area contributed by atoms with Crippen molar-refractivity contribution in [2.45, 2.75) is 32.2 Å². The molecule has 1 fully saturated rings. The van der Waals surface area contributed by atoms with Gasteiger partial charge >= 0.3 is 0 Å². The number of nitrogens with zero attached hydrogens (tertiary/aromatic N) is 2. The number of carbonyl (C=O) groups is 2. The molecule has 1 N–H and O–H groups in total. The molecular formula is C15H19N3O4. The Morgan fingerprint density at radius 3 is 2.86 bits per heavy atom. The number of carbonyl (C=O) groups excluding carboxylic acids is 2. The van der Waals surface area contributed by atoms with Crippen molar-refractivity contribution in [1.82, 2.24) is 10.2 Å². The van der Waals surface area contributed by atoms with Crippen molar-refractivity contribution in [3.63, 3.8) is 0 Å². The largest absolute Gasteiger partial charge is 0.343 e. The normalized spacial score (nSPS) is 17.9. The second kappa shape index (κ2) is 7.02. The molecule has 1 atom stereocenters. The van der Waals surface area contributed by atoms with Gasteiger partial charge in [-0.05, 0) is 32.3 Å². The zero-order valence-electron chi connectivity index (χ0n) is 12.4. The first-order valence-electron chi connectivity index (χ1n) is 7.31. The van der Waals surface area contributed by atoms with Gasteiger partial charge in [-0.3, -0.25) is 19.7 Å². The Bertz CT molecular complexity index is 588. The topological polar surface area (TPSA) is 92.6 Å². The van der Waals surface area contributed by atoms with Crippen molar-refractivity contribution in [2.75, 3.05) is 13.1 Å². The summed E-state index contributed by atoms with van der Waals surface area (Å²) in [5.41, 5.74) is 0.0253. The van der Waals surface area contributed by atoms with E-state index in [1.165, 1.54) is 24.3 Å². The lowest BCUT2D eigenvalue weighted by Crippen LogP contribution is -2.46. The highest BCUT2D eigenvalue weighted by molar-refractivity contribution is 5.97. The van der Waals surface area contributed by atoms with Crippen LogP contribution in [0.5, 0.6) is 0 Å². The predicted molar refractivity (Wildman–Crippen MR) is 80.5 cm³/mol. The minimum absolute atomic E-state index is 0.0914. The first-order valence-corrected chi connectivity index (χ1v) is 7.31. The quantitative estimate of drug-likeness (QED) is 0.677. The average Bonchev–Trinajstić information content (AvgIpc) is 2.52. The molecule has 7 heteroatoms. The smallest absolute Gasteiger partial charge is 0.270 e. The number of nitrogens with one attached hydrogen (secondary N) is 1. The summed E-state index contributed by atoms with van der Waals surface area (Å²) in [6.45, 7) is 2.62. The van der Waals surface area contributed by atoms with Gasteiger partial charge in [-0.15, -0.1) is 0 Å². The molecule has 1 aliphatic rings. The fraction of sp³-hybridized carbons (Fsp3) is 0.467. The lowest BCUT2D eigenvalue weighted by Gasteiger charge is -2.33. The highest BCUT2D eigenvalue weighted by Crippen LogP contribution is 2.16. The van der Waals surface area contributed by atoms with Crippen LogP contribution < -0.4 is 5.32 Å². The van der Waals surface area contributed by atoms with E-state index in [4.69, 9.17) is 0 Å². The standard InChI is InChI=1S/C15H19N3O4/c1-11-5-2-3-8-17(11)14(19)10-16-15(20)12-6-4-7-13(9-12)18(21)22/h4,6-7,9,11H,2-3,5,8,10H2,1H3,(H,16,20). The summed E-state index contributed by atoms with van der Waals surface area (Å²) < 4.78 is 0. The van der Waals surface area contributed by atoms with E-state index < -0.39 is 10.8 Å². The summed E-state index contributed by atoms with van der Waals surface area (Å²) >= 11 is 0. The number of rotatable bonds is 4. The van der Waals surface area contributed by atoms with Crippen LogP contribution in [0.1, 0.15) is 36.5 Å². The molecule has 1 unspecified atom stereocenters. The van der Waals surface area contributed by atoms with Gasteiger partial charge in [0, 0.05) is 30.3 Å². The number of hydrogen-bond donors (Lipinski definition) is 1. The third kappa shape index (κ3) is 3.81. The van der Waals surface area contributed by atoms with Gasteiger partial charge < -0.3 is 10.2 Å². The average molecular weight is 305 g/mol. The van der Waals surface area contributed by atoms with Crippen LogP contribution in [-0.4, -0.2) is 40.8 Å². The molecule has 0 spiro atoms. The number of amides is 2. The Morgan fingerprint density at radius 2 is 2.18 bits per heavy atom. The molecule has 0 bridgehead atoms. The zero-order valence-corrected chi connectivity index (χ0v) is 12.4. The molecule has 7 nitrogen and oxygen atoms in total. The van der Waals surface area contributed by atoms with E-state index in [9.17, 15) is 19.7 Å². The van der Waals surface area contributed by atoms with Gasteiger partial charge in [0.1, 0.15) is 0 Å². The molecule has 1 aromatic carbocycles. The first-order chi connectivity index (χ1) is 10.5. The van der Waals surface area contributed by atoms with Crippen molar-refractivity contribution in [3.8, 4) is 0 Å². The van der Waals surface area contributed by atoms with Gasteiger partial charge in [0.15, 0.2) is 0 Å². The minimum atomic E-state index is -0.558. The predicted octanol–water partition coefficient (Wildman–Crippen LogP) is 1.73. The maximum atomic E-state index is 12.1. The van der Waals surface area contributed by atoms with Gasteiger partial charge in [0.05, 0.1) is 11.5 Å². The minimum Gasteiger partial charge on any atom is -0.343 e. The van der Waals surface area contributed by atoms with Crippen molar-refractivity contribution in [2.24, 2.45) is 0 Å². The van der Waals surface area contributed by atoms with E-state index in [1.807, 2.05) is 6.92 Å². The number of nitro benzene ring substituents is 1. The summed E-state index contributed by atoms with van der Waals surface area (Å²) in [5, 5.41) is 13.2. The van der Waals surface area contributed by atoms with Crippen molar-refractivity contribution >= 4 is 17.5 Å². The lowest BCUT2D eigenvalue weighted by atomic mass is 10.0. The van der Waals surface area contributed by atoms with Gasteiger partial charge in [0.25, 0.3) is 11.6 Å². The molecule has 2 amide bonds. The molecule has 22 heavy (non-hydrogen) atoms. The van der Waals surface area contributed by atoms with E-state index in [-0.39, 0.29) is 29.7 Å². The zero-order chi connectivity index (χ0) is 16.1. The van der Waals surface area contributed by atoms with Crippen LogP contribution in [0, 0.1) is 10.1 Å². The highest BCUT2D eigenvalue weighted by Gasteiger charge is 2.23. The molecule has 1 aliphatic heterocycles. The number of piperidine rings is 1. The summed E-state index contributed by atoms with van der Waals surface area (Å²) in [6, 6.07) is 5.63. The first kappa shape index (κ1) is 15.9. The second-order valence-corrected chi connectivity index (χ2v) is 5.42. The SMILES string of the molecule is CC1CCCCN1C(=O)CNC(=O)c1cccc([N+](=O)[O-])c1. The maximum absolute atomic E-state index is 12.1. The van der Waals surface area contributed by atoms with Crippen LogP contribution in [0.3, 0.4) is 0 Å². The van der Waals surface area contributed by atoms with Crippen LogP contribution >= 0.6 is 0 Å². The van der Waals surface area contributed by atoms with Gasteiger partial charge in [-0.1, -0.05) is 6.07 Å². The van der Waals surface area contributed by atoms with Crippen LogP contribution in [0.25, 0.3) is 0 Å². The Labute approximate surface area is 128 Å². The number of nitro groups is 1. The fourth-order valence-corrected chi connectivity index (χ4v) is 2.59. The van der Waals surface area contributed by atoms with Crippen LogP contribution in [0.4, 0.5) is 5.69 Å². The van der Waals surface area contributed by atoms with Gasteiger partial charge in [0.2, 0.25) is 5.91 Å². The number of benzene rings is 1. The highest BCUT2D eigenvalue weighted by atomic mass is 16.6. The molecule has 0 radical (unpaired) electrons. The molecule has 0 saturated carbocycles. The molecule has 1 heterocycles. The Morgan fingerprint density at radius 1 is 1.41 bits per heavy atom. The third-order valence-corrected chi connectivity index (χ3v) is 3.84. The van der Waals surface area contributed by atoms with Gasteiger partial charge in [-0.25, -0.2) is 0 Å². The third-order valence-electron chi connectivity index (χ3n) is 3.84.